The Hall–Kier alpha value is -1.34. The van der Waals surface area contributed by atoms with Crippen molar-refractivity contribution in [2.24, 2.45) is 0 Å². The van der Waals surface area contributed by atoms with Crippen molar-refractivity contribution < 1.29 is 0 Å². The molecule has 0 nitrogen and oxygen atoms in total. The zero-order valence-corrected chi connectivity index (χ0v) is 21.3. The molecule has 0 aliphatic heterocycles. The maximum Gasteiger partial charge on any atom is -0.00611 e. The molecule has 1 heterocycles. The Morgan fingerprint density at radius 1 is 0.700 bits per heavy atom. The van der Waals surface area contributed by atoms with Crippen LogP contribution >= 0.6 is 11.3 Å². The first kappa shape index (κ1) is 26.7. The molecule has 0 aliphatic rings. The van der Waals surface area contributed by atoms with Crippen LogP contribution in [-0.4, -0.2) is 0 Å². The lowest BCUT2D eigenvalue weighted by molar-refractivity contribution is 0.710. The fourth-order valence-corrected chi connectivity index (χ4v) is 4.32. The smallest absolute Gasteiger partial charge is 0.00611 e. The van der Waals surface area contributed by atoms with E-state index in [0.717, 1.165) is 0 Å². The largest absolute Gasteiger partial charge is 0.152 e. The van der Waals surface area contributed by atoms with Gasteiger partial charge in [-0.05, 0) is 114 Å². The van der Waals surface area contributed by atoms with E-state index in [0.29, 0.717) is 0 Å². The molecule has 168 valence electrons. The van der Waals surface area contributed by atoms with Gasteiger partial charge in [0.25, 0.3) is 0 Å². The summed E-state index contributed by atoms with van der Waals surface area (Å²) in [7, 11) is 0. The summed E-state index contributed by atoms with van der Waals surface area (Å²) in [5.41, 5.74) is 7.66. The van der Waals surface area contributed by atoms with Gasteiger partial charge in [-0.3, -0.25) is 0 Å². The molecule has 0 bridgehead atoms. The average Bonchev–Trinajstić information content (AvgIpc) is 3.22. The van der Waals surface area contributed by atoms with E-state index >= 15 is 0 Å². The van der Waals surface area contributed by atoms with E-state index in [4.69, 9.17) is 0 Å². The van der Waals surface area contributed by atoms with Crippen LogP contribution in [0.1, 0.15) is 111 Å². The molecular formula is C29H46S. The Morgan fingerprint density at radius 2 is 1.20 bits per heavy atom. The minimum Gasteiger partial charge on any atom is -0.152 e. The van der Waals surface area contributed by atoms with Gasteiger partial charge < -0.3 is 0 Å². The van der Waals surface area contributed by atoms with Gasteiger partial charge in [-0.1, -0.05) is 66.4 Å². The van der Waals surface area contributed by atoms with Gasteiger partial charge >= 0.3 is 0 Å². The molecule has 0 aromatic carbocycles. The molecule has 0 aliphatic carbocycles. The van der Waals surface area contributed by atoms with E-state index in [9.17, 15) is 0 Å². The van der Waals surface area contributed by atoms with Gasteiger partial charge in [-0.2, -0.15) is 11.3 Å². The van der Waals surface area contributed by atoms with Gasteiger partial charge in [0.15, 0.2) is 0 Å². The Bertz CT molecular complexity index is 667. The van der Waals surface area contributed by atoms with Gasteiger partial charge in [-0.15, -0.1) is 0 Å². The third-order valence-electron chi connectivity index (χ3n) is 5.78. The lowest BCUT2D eigenvalue weighted by Crippen LogP contribution is -1.84. The molecule has 0 saturated heterocycles. The Labute approximate surface area is 191 Å². The third kappa shape index (κ3) is 14.6. The number of allylic oxidation sites excluding steroid dienone is 8. The molecule has 0 saturated carbocycles. The minimum absolute atomic E-state index is 1.17. The van der Waals surface area contributed by atoms with Crippen molar-refractivity contribution in [1.29, 1.82) is 0 Å². The lowest BCUT2D eigenvalue weighted by atomic mass is 10.0. The summed E-state index contributed by atoms with van der Waals surface area (Å²) in [6.45, 7) is 11.4. The van der Waals surface area contributed by atoms with E-state index in [1.54, 1.807) is 22.5 Å². The summed E-state index contributed by atoms with van der Waals surface area (Å²) in [5.74, 6) is 0. The standard InChI is InChI=1S/C29H46S/c1-6-7-8-13-25(2)14-9-15-26(3)16-10-17-27(4)18-11-19-28(5)20-12-21-29-22-23-30-24-29/h14,16,18,20,22-24H,6-13,15,17,19,21H2,1-5H3. The molecular weight excluding hydrogens is 380 g/mol. The highest BCUT2D eigenvalue weighted by molar-refractivity contribution is 7.07. The van der Waals surface area contributed by atoms with Gasteiger partial charge in [0, 0.05) is 0 Å². The minimum atomic E-state index is 1.17. The van der Waals surface area contributed by atoms with Crippen molar-refractivity contribution in [3.05, 3.63) is 69.0 Å². The molecule has 1 heteroatoms. The van der Waals surface area contributed by atoms with Crippen molar-refractivity contribution in [3.8, 4) is 0 Å². The van der Waals surface area contributed by atoms with Crippen LogP contribution in [0.15, 0.2) is 63.4 Å². The summed E-state index contributed by atoms with van der Waals surface area (Å²) < 4.78 is 0. The summed E-state index contributed by atoms with van der Waals surface area (Å²) in [6.07, 6.45) is 24.6. The highest BCUT2D eigenvalue weighted by Crippen LogP contribution is 2.16. The second-order valence-corrected chi connectivity index (χ2v) is 9.73. The van der Waals surface area contributed by atoms with E-state index < -0.39 is 0 Å². The number of hydrogen-bond donors (Lipinski definition) is 0. The maximum atomic E-state index is 2.45. The number of thiophene rings is 1. The third-order valence-corrected chi connectivity index (χ3v) is 6.51. The molecule has 1 aromatic rings. The highest BCUT2D eigenvalue weighted by Gasteiger charge is 1.96. The highest BCUT2D eigenvalue weighted by atomic mass is 32.1. The van der Waals surface area contributed by atoms with Crippen LogP contribution < -0.4 is 0 Å². The molecule has 30 heavy (non-hydrogen) atoms. The van der Waals surface area contributed by atoms with Gasteiger partial charge in [-0.25, -0.2) is 0 Å². The second kappa shape index (κ2) is 17.4. The monoisotopic (exact) mass is 426 g/mol. The lowest BCUT2D eigenvalue weighted by Gasteiger charge is -2.03. The number of hydrogen-bond acceptors (Lipinski definition) is 1. The van der Waals surface area contributed by atoms with Crippen LogP contribution in [0.3, 0.4) is 0 Å². The fraction of sp³-hybridized carbons (Fsp3) is 0.586. The van der Waals surface area contributed by atoms with E-state index in [2.05, 4.69) is 75.7 Å². The maximum absolute atomic E-state index is 2.45. The van der Waals surface area contributed by atoms with Crippen LogP contribution in [0.4, 0.5) is 0 Å². The van der Waals surface area contributed by atoms with Crippen molar-refractivity contribution >= 4 is 11.3 Å². The normalized spacial score (nSPS) is 13.9. The second-order valence-electron chi connectivity index (χ2n) is 8.95. The first-order valence-corrected chi connectivity index (χ1v) is 13.1. The zero-order chi connectivity index (χ0) is 22.0. The predicted octanol–water partition coefficient (Wildman–Crippen LogP) is 10.4. The predicted molar refractivity (Wildman–Crippen MR) is 140 cm³/mol. The van der Waals surface area contributed by atoms with Gasteiger partial charge in [0.1, 0.15) is 0 Å². The van der Waals surface area contributed by atoms with Crippen molar-refractivity contribution in [2.75, 3.05) is 0 Å². The molecule has 0 N–H and O–H groups in total. The molecule has 0 radical (unpaired) electrons. The average molecular weight is 427 g/mol. The number of rotatable bonds is 16. The van der Waals surface area contributed by atoms with E-state index in [1.165, 1.54) is 93.8 Å². The molecule has 1 aromatic heterocycles. The van der Waals surface area contributed by atoms with Crippen LogP contribution in [0, 0.1) is 0 Å². The van der Waals surface area contributed by atoms with Gasteiger partial charge in [0.05, 0.1) is 0 Å². The first-order valence-electron chi connectivity index (χ1n) is 12.1. The van der Waals surface area contributed by atoms with Crippen LogP contribution in [0.25, 0.3) is 0 Å². The van der Waals surface area contributed by atoms with Crippen LogP contribution in [-0.2, 0) is 6.42 Å². The topological polar surface area (TPSA) is 0 Å². The molecule has 0 amide bonds. The molecule has 0 atom stereocenters. The van der Waals surface area contributed by atoms with Crippen molar-refractivity contribution in [2.45, 2.75) is 112 Å². The summed E-state index contributed by atoms with van der Waals surface area (Å²) in [6, 6.07) is 2.24. The van der Waals surface area contributed by atoms with E-state index in [-0.39, 0.29) is 0 Å². The van der Waals surface area contributed by atoms with Crippen LogP contribution in [0.2, 0.25) is 0 Å². The molecule has 0 spiro atoms. The summed E-state index contributed by atoms with van der Waals surface area (Å²) in [4.78, 5) is 0. The molecule has 0 unspecified atom stereocenters. The van der Waals surface area contributed by atoms with Gasteiger partial charge in [0.2, 0.25) is 0 Å². The first-order chi connectivity index (χ1) is 14.5. The Kier molecular flexibility index (Phi) is 15.4. The zero-order valence-electron chi connectivity index (χ0n) is 20.4. The number of unbranched alkanes of at least 4 members (excludes halogenated alkanes) is 2. The fourth-order valence-electron chi connectivity index (χ4n) is 3.62. The summed E-state index contributed by atoms with van der Waals surface area (Å²) >= 11 is 1.80. The Balaban J connectivity index is 2.17. The SMILES string of the molecule is CCCCCC(C)=CCCC(C)=CCCC(C)=CCCC(C)=CCCc1ccsc1. The summed E-state index contributed by atoms with van der Waals surface area (Å²) in [5, 5.41) is 4.43. The number of aryl methyl sites for hydroxylation is 1. The van der Waals surface area contributed by atoms with E-state index in [1.807, 2.05) is 0 Å². The van der Waals surface area contributed by atoms with Crippen molar-refractivity contribution in [1.82, 2.24) is 0 Å². The molecule has 1 rings (SSSR count). The van der Waals surface area contributed by atoms with Crippen LogP contribution in [0.5, 0.6) is 0 Å². The quantitative estimate of drug-likeness (QED) is 0.182. The Morgan fingerprint density at radius 3 is 1.67 bits per heavy atom. The van der Waals surface area contributed by atoms with Crippen molar-refractivity contribution in [3.63, 3.8) is 0 Å². The molecule has 0 fully saturated rings.